The van der Waals surface area contributed by atoms with E-state index in [9.17, 15) is 9.90 Å². The molecule has 0 saturated heterocycles. The number of H-pyrrole nitrogens is 2. The number of halogens is 1. The Bertz CT molecular complexity index is 2140. The minimum atomic E-state index is -0.208. The molecule has 0 unspecified atom stereocenters. The number of hydrogen-bond acceptors (Lipinski definition) is 10. The lowest BCUT2D eigenvalue weighted by Gasteiger charge is -2.12. The van der Waals surface area contributed by atoms with Gasteiger partial charge >= 0.3 is 0 Å². The van der Waals surface area contributed by atoms with Crippen LogP contribution in [-0.2, 0) is 19.6 Å². The fourth-order valence-electron chi connectivity index (χ4n) is 5.22. The van der Waals surface area contributed by atoms with Crippen molar-refractivity contribution in [3.8, 4) is 33.9 Å². The van der Waals surface area contributed by atoms with Crippen LogP contribution in [0, 0.1) is 6.92 Å². The predicted octanol–water partition coefficient (Wildman–Crippen LogP) is 4.45. The Kier molecular flexibility index (Phi) is 9.50. The van der Waals surface area contributed by atoms with Crippen LogP contribution in [0.5, 0.6) is 0 Å². The lowest BCUT2D eigenvalue weighted by molar-refractivity contribution is 0.271. The molecule has 0 fully saturated rings. The Hall–Kier alpha value is -5.60. The van der Waals surface area contributed by atoms with Crippen molar-refractivity contribution in [1.29, 1.82) is 0 Å². The van der Waals surface area contributed by atoms with Crippen molar-refractivity contribution < 1.29 is 5.11 Å². The predicted molar refractivity (Wildman–Crippen MR) is 175 cm³/mol. The zero-order valence-corrected chi connectivity index (χ0v) is 26.4. The number of imidazole rings is 1. The average molecular weight is 651 g/mol. The van der Waals surface area contributed by atoms with Crippen LogP contribution in [0.1, 0.15) is 42.4 Å². The minimum absolute atomic E-state index is 0.131. The molecule has 0 saturated carbocycles. The van der Waals surface area contributed by atoms with Crippen LogP contribution in [-0.4, -0.2) is 65.3 Å². The number of fused-ring (bicyclic) bond motifs is 1. The number of benzene rings is 2. The maximum atomic E-state index is 12.2. The van der Waals surface area contributed by atoms with Crippen LogP contribution in [0.3, 0.4) is 0 Å². The molecule has 7 rings (SSSR count). The van der Waals surface area contributed by atoms with Crippen LogP contribution in [0.2, 0.25) is 5.15 Å². The smallest absolute Gasteiger partial charge is 0.269 e. The number of unbranched alkanes of at least 4 members (excludes halogenated alkanes) is 1. The molecule has 0 aliphatic carbocycles. The van der Waals surface area contributed by atoms with Gasteiger partial charge in [-0.3, -0.25) is 9.20 Å². The molecule has 0 aliphatic rings. The molecule has 14 nitrogen and oxygen atoms in total. The molecule has 5 heterocycles. The summed E-state index contributed by atoms with van der Waals surface area (Å²) in [5, 5.41) is 37.8. The van der Waals surface area contributed by atoms with E-state index >= 15 is 0 Å². The Morgan fingerprint density at radius 2 is 1.60 bits per heavy atom. The van der Waals surface area contributed by atoms with Crippen molar-refractivity contribution in [2.24, 2.45) is 0 Å². The van der Waals surface area contributed by atoms with Crippen molar-refractivity contribution in [2.45, 2.75) is 46.3 Å². The number of nitrogens with zero attached hydrogens (tertiary/aromatic N) is 10. The maximum Gasteiger partial charge on any atom is 0.269 e. The lowest BCUT2D eigenvalue weighted by atomic mass is 9.98. The maximum absolute atomic E-state index is 12.2. The van der Waals surface area contributed by atoms with E-state index in [1.807, 2.05) is 41.8 Å². The van der Waals surface area contributed by atoms with Gasteiger partial charge in [-0.1, -0.05) is 79.5 Å². The van der Waals surface area contributed by atoms with E-state index in [4.69, 9.17) is 11.6 Å². The molecule has 0 atom stereocenters. The largest absolute Gasteiger partial charge is 0.390 e. The first-order valence-electron chi connectivity index (χ1n) is 15.0. The van der Waals surface area contributed by atoms with Gasteiger partial charge < -0.3 is 9.67 Å². The summed E-state index contributed by atoms with van der Waals surface area (Å²) in [7, 11) is 0. The van der Waals surface area contributed by atoms with Gasteiger partial charge in [0.15, 0.2) is 5.15 Å². The molecule has 0 radical (unpaired) electrons. The summed E-state index contributed by atoms with van der Waals surface area (Å²) in [6, 6.07) is 20.0. The van der Waals surface area contributed by atoms with E-state index in [-0.39, 0.29) is 18.0 Å². The normalized spacial score (nSPS) is 11.1. The number of hydrogen-bond donors (Lipinski definition) is 3. The molecule has 3 N–H and O–H groups in total. The Balaban J connectivity index is 0.000000191. The molecule has 47 heavy (non-hydrogen) atoms. The summed E-state index contributed by atoms with van der Waals surface area (Å²) in [5.74, 6) is 1.73. The number of aromatic nitrogens is 12. The lowest BCUT2D eigenvalue weighted by Crippen LogP contribution is -2.17. The zero-order chi connectivity index (χ0) is 32.8. The Labute approximate surface area is 273 Å². The molecule has 7 aromatic rings. The number of aromatic amines is 2. The number of aliphatic hydroxyl groups excluding tert-OH is 1. The van der Waals surface area contributed by atoms with E-state index < -0.39 is 0 Å². The van der Waals surface area contributed by atoms with Crippen LogP contribution < -0.4 is 5.56 Å². The number of tetrazole rings is 2. The quantitative estimate of drug-likeness (QED) is 0.202. The van der Waals surface area contributed by atoms with E-state index in [0.717, 1.165) is 52.9 Å². The first-order valence-corrected chi connectivity index (χ1v) is 15.3. The standard InChI is InChI=1S/C22H23ClN6O.C10H8N6O/c1-2-3-8-20-24-21(23)19(14-30)29(20)13-15-9-11-16(12-10-15)17-6-4-5-7-18(17)22-25-27-28-26-22;1-6-3-2-4-16-9(6)11-5-7(10(16)17)8-12-14-15-13-8/h4-7,9-12,30H,2-3,8,13-14H2,1H3,(H,25,26,27,28);2-5H,1H3,(H,12,13,14,15). The van der Waals surface area contributed by atoms with Gasteiger partial charge in [0.25, 0.3) is 5.56 Å². The van der Waals surface area contributed by atoms with Crippen molar-refractivity contribution >= 4 is 17.2 Å². The number of rotatable bonds is 9. The second-order valence-corrected chi connectivity index (χ2v) is 11.0. The van der Waals surface area contributed by atoms with Gasteiger partial charge in [0, 0.05) is 30.9 Å². The highest BCUT2D eigenvalue weighted by atomic mass is 35.5. The zero-order valence-electron chi connectivity index (χ0n) is 25.7. The highest BCUT2D eigenvalue weighted by molar-refractivity contribution is 6.30. The molecule has 15 heteroatoms. The van der Waals surface area contributed by atoms with Crippen LogP contribution in [0.15, 0.2) is 77.9 Å². The van der Waals surface area contributed by atoms with Gasteiger partial charge in [0.1, 0.15) is 17.0 Å². The first kappa shape index (κ1) is 31.4. The van der Waals surface area contributed by atoms with Gasteiger partial charge in [0.05, 0.1) is 12.3 Å². The van der Waals surface area contributed by atoms with Crippen LogP contribution >= 0.6 is 11.6 Å². The summed E-state index contributed by atoms with van der Waals surface area (Å²) < 4.78 is 3.50. The van der Waals surface area contributed by atoms with E-state index in [1.165, 1.54) is 10.6 Å². The molecule has 0 spiro atoms. The topological polar surface area (TPSA) is 181 Å². The molecule has 238 valence electrons. The van der Waals surface area contributed by atoms with Crippen LogP contribution in [0.4, 0.5) is 0 Å². The second-order valence-electron chi connectivity index (χ2n) is 10.7. The first-order chi connectivity index (χ1) is 23.0. The van der Waals surface area contributed by atoms with Gasteiger partial charge in [0.2, 0.25) is 11.6 Å². The van der Waals surface area contributed by atoms with Gasteiger partial charge in [-0.2, -0.15) is 10.4 Å². The molecular weight excluding hydrogens is 620 g/mol. The van der Waals surface area contributed by atoms with E-state index in [0.29, 0.717) is 34.4 Å². The number of aliphatic hydroxyl groups is 1. The Morgan fingerprint density at radius 3 is 2.26 bits per heavy atom. The second kappa shape index (κ2) is 14.2. The fraction of sp³-hybridized carbons (Fsp3) is 0.219. The molecule has 0 bridgehead atoms. The number of pyridine rings is 1. The number of aryl methyl sites for hydroxylation is 2. The van der Waals surface area contributed by atoms with E-state index in [2.05, 4.69) is 82.4 Å². The van der Waals surface area contributed by atoms with E-state index in [1.54, 1.807) is 12.3 Å². The number of nitrogens with one attached hydrogen (secondary N) is 2. The molecular formula is C32H31ClN12O2. The minimum Gasteiger partial charge on any atom is -0.390 e. The third-order valence-electron chi connectivity index (χ3n) is 7.64. The summed E-state index contributed by atoms with van der Waals surface area (Å²) in [6.07, 6.45) is 6.08. The van der Waals surface area contributed by atoms with Crippen molar-refractivity contribution in [3.63, 3.8) is 0 Å². The van der Waals surface area contributed by atoms with Crippen molar-refractivity contribution in [3.05, 3.63) is 111 Å². The fourth-order valence-corrected chi connectivity index (χ4v) is 5.48. The van der Waals surface area contributed by atoms with Gasteiger partial charge in [-0.25, -0.2) is 9.97 Å². The third-order valence-corrected chi connectivity index (χ3v) is 7.94. The highest BCUT2D eigenvalue weighted by Crippen LogP contribution is 2.30. The van der Waals surface area contributed by atoms with Gasteiger partial charge in [-0.15, -0.1) is 20.4 Å². The summed E-state index contributed by atoms with van der Waals surface area (Å²) in [5.41, 5.74) is 6.47. The van der Waals surface area contributed by atoms with Crippen LogP contribution in [0.25, 0.3) is 39.5 Å². The average Bonchev–Trinajstić information content (AvgIpc) is 3.88. The summed E-state index contributed by atoms with van der Waals surface area (Å²) >= 11 is 6.26. The summed E-state index contributed by atoms with van der Waals surface area (Å²) in [4.78, 5) is 20.9. The van der Waals surface area contributed by atoms with Crippen molar-refractivity contribution in [1.82, 2.24) is 60.2 Å². The molecule has 2 aromatic carbocycles. The molecule has 0 aliphatic heterocycles. The SMILES string of the molecule is CCCCc1nc(Cl)c(CO)n1Cc1ccc(-c2ccccc2-c2nn[nH]n2)cc1.Cc1cccn2c(=O)c(-c3nn[nH]n3)cnc12. The Morgan fingerprint density at radius 1 is 0.894 bits per heavy atom. The third kappa shape index (κ3) is 6.68. The summed E-state index contributed by atoms with van der Waals surface area (Å²) in [6.45, 7) is 4.53. The molecule has 5 aromatic heterocycles. The van der Waals surface area contributed by atoms with Gasteiger partial charge in [-0.05, 0) is 52.1 Å². The molecule has 0 amide bonds. The van der Waals surface area contributed by atoms with Crippen molar-refractivity contribution in [2.75, 3.05) is 0 Å². The monoisotopic (exact) mass is 650 g/mol. The highest BCUT2D eigenvalue weighted by Gasteiger charge is 2.16.